The van der Waals surface area contributed by atoms with Gasteiger partial charge in [-0.2, -0.15) is 5.10 Å². The van der Waals surface area contributed by atoms with Gasteiger partial charge in [0.2, 0.25) is 0 Å². The molecule has 0 bridgehead atoms. The maximum absolute atomic E-state index is 11.6. The van der Waals surface area contributed by atoms with Gasteiger partial charge in [-0.3, -0.25) is 4.68 Å². The normalized spacial score (nSPS) is 12.4. The Balaban J connectivity index is 2.55. The number of ether oxygens (including phenoxy) is 2. The van der Waals surface area contributed by atoms with Crippen molar-refractivity contribution in [2.75, 3.05) is 18.9 Å². The van der Waals surface area contributed by atoms with E-state index in [4.69, 9.17) is 15.2 Å². The van der Waals surface area contributed by atoms with Crippen molar-refractivity contribution < 1.29 is 14.3 Å². The first kappa shape index (κ1) is 12.5. The van der Waals surface area contributed by atoms with Crippen LogP contribution in [0.4, 0.5) is 5.69 Å². The summed E-state index contributed by atoms with van der Waals surface area (Å²) in [5, 5.41) is 3.92. The third kappa shape index (κ3) is 3.23. The molecule has 0 amide bonds. The van der Waals surface area contributed by atoms with Crippen molar-refractivity contribution in [2.24, 2.45) is 7.05 Å². The summed E-state index contributed by atoms with van der Waals surface area (Å²) in [4.78, 5) is 11.6. The molecule has 1 atom stereocenters. The van der Waals surface area contributed by atoms with Gasteiger partial charge >= 0.3 is 5.97 Å². The zero-order chi connectivity index (χ0) is 12.1. The molecule has 0 saturated carbocycles. The second kappa shape index (κ2) is 5.50. The molecule has 1 aromatic rings. The van der Waals surface area contributed by atoms with E-state index in [1.54, 1.807) is 20.2 Å². The standard InChI is InChI=1S/C10H17N3O3/c1-4-15-6-7(2)16-10(14)9-8(11)5-13(3)12-9/h5,7H,4,6,11H2,1-3H3. The quantitative estimate of drug-likeness (QED) is 0.744. The van der Waals surface area contributed by atoms with Gasteiger partial charge in [-0.25, -0.2) is 4.79 Å². The van der Waals surface area contributed by atoms with Crippen molar-refractivity contribution in [3.8, 4) is 0 Å². The number of carbonyl (C=O) groups excluding carboxylic acids is 1. The van der Waals surface area contributed by atoms with Crippen LogP contribution in [-0.4, -0.2) is 35.1 Å². The van der Waals surface area contributed by atoms with E-state index >= 15 is 0 Å². The lowest BCUT2D eigenvalue weighted by molar-refractivity contribution is 0.00391. The van der Waals surface area contributed by atoms with Crippen molar-refractivity contribution >= 4 is 11.7 Å². The van der Waals surface area contributed by atoms with Crippen LogP contribution >= 0.6 is 0 Å². The van der Waals surface area contributed by atoms with Crippen LogP contribution in [0.15, 0.2) is 6.20 Å². The van der Waals surface area contributed by atoms with Crippen molar-refractivity contribution in [2.45, 2.75) is 20.0 Å². The van der Waals surface area contributed by atoms with E-state index in [1.165, 1.54) is 4.68 Å². The van der Waals surface area contributed by atoms with E-state index in [0.29, 0.717) is 18.9 Å². The molecule has 1 heterocycles. The van der Waals surface area contributed by atoms with E-state index < -0.39 is 5.97 Å². The van der Waals surface area contributed by atoms with Gasteiger partial charge < -0.3 is 15.2 Å². The maximum atomic E-state index is 11.6. The molecule has 0 radical (unpaired) electrons. The number of nitrogens with zero attached hydrogens (tertiary/aromatic N) is 2. The number of anilines is 1. The molecule has 0 aliphatic rings. The summed E-state index contributed by atoms with van der Waals surface area (Å²) in [7, 11) is 1.69. The minimum absolute atomic E-state index is 0.144. The van der Waals surface area contributed by atoms with Crippen LogP contribution in [0.1, 0.15) is 24.3 Å². The highest BCUT2D eigenvalue weighted by atomic mass is 16.6. The molecule has 1 rings (SSSR count). The van der Waals surface area contributed by atoms with Crippen LogP contribution in [-0.2, 0) is 16.5 Å². The van der Waals surface area contributed by atoms with Crippen LogP contribution < -0.4 is 5.73 Å². The molecule has 16 heavy (non-hydrogen) atoms. The zero-order valence-corrected chi connectivity index (χ0v) is 9.77. The number of aryl methyl sites for hydroxylation is 1. The van der Waals surface area contributed by atoms with E-state index in [1.807, 2.05) is 6.92 Å². The van der Waals surface area contributed by atoms with Crippen LogP contribution in [0.2, 0.25) is 0 Å². The second-order valence-electron chi connectivity index (χ2n) is 3.48. The topological polar surface area (TPSA) is 79.4 Å². The molecular weight excluding hydrogens is 210 g/mol. The van der Waals surface area contributed by atoms with Gasteiger partial charge in [0.05, 0.1) is 12.3 Å². The van der Waals surface area contributed by atoms with Gasteiger partial charge in [0.15, 0.2) is 5.69 Å². The highest BCUT2D eigenvalue weighted by molar-refractivity contribution is 5.92. The van der Waals surface area contributed by atoms with E-state index in [-0.39, 0.29) is 11.8 Å². The summed E-state index contributed by atoms with van der Waals surface area (Å²) in [6, 6.07) is 0. The van der Waals surface area contributed by atoms with Gasteiger partial charge in [0.25, 0.3) is 0 Å². The van der Waals surface area contributed by atoms with Gasteiger partial charge in [-0.15, -0.1) is 0 Å². The molecule has 0 spiro atoms. The van der Waals surface area contributed by atoms with Crippen molar-refractivity contribution in [3.63, 3.8) is 0 Å². The van der Waals surface area contributed by atoms with Gasteiger partial charge in [-0.1, -0.05) is 0 Å². The van der Waals surface area contributed by atoms with Crippen molar-refractivity contribution in [3.05, 3.63) is 11.9 Å². The Bertz CT molecular complexity index is 362. The predicted octanol–water partition coefficient (Wildman–Crippen LogP) is 0.584. The van der Waals surface area contributed by atoms with E-state index in [2.05, 4.69) is 5.10 Å². The maximum Gasteiger partial charge on any atom is 0.361 e. The average Bonchev–Trinajstić information content (AvgIpc) is 2.54. The van der Waals surface area contributed by atoms with E-state index in [0.717, 1.165) is 0 Å². The highest BCUT2D eigenvalue weighted by Gasteiger charge is 2.18. The molecule has 0 saturated heterocycles. The molecule has 0 aliphatic carbocycles. The number of esters is 1. The minimum Gasteiger partial charge on any atom is -0.455 e. The van der Waals surface area contributed by atoms with Crippen LogP contribution in [0, 0.1) is 0 Å². The SMILES string of the molecule is CCOCC(C)OC(=O)c1nn(C)cc1N. The van der Waals surface area contributed by atoms with Gasteiger partial charge in [0, 0.05) is 19.9 Å². The predicted molar refractivity (Wildman–Crippen MR) is 59.0 cm³/mol. The molecule has 0 aliphatic heterocycles. The molecule has 90 valence electrons. The minimum atomic E-state index is -0.523. The molecule has 6 nitrogen and oxygen atoms in total. The van der Waals surface area contributed by atoms with Crippen molar-refractivity contribution in [1.82, 2.24) is 9.78 Å². The second-order valence-corrected chi connectivity index (χ2v) is 3.48. The highest BCUT2D eigenvalue weighted by Crippen LogP contribution is 2.10. The smallest absolute Gasteiger partial charge is 0.361 e. The third-order valence-electron chi connectivity index (χ3n) is 1.92. The third-order valence-corrected chi connectivity index (χ3v) is 1.92. The zero-order valence-electron chi connectivity index (χ0n) is 9.77. The Labute approximate surface area is 94.3 Å². The molecule has 1 unspecified atom stereocenters. The first-order valence-electron chi connectivity index (χ1n) is 5.12. The summed E-state index contributed by atoms with van der Waals surface area (Å²) >= 11 is 0. The Morgan fingerprint density at radius 2 is 2.38 bits per heavy atom. The lowest BCUT2D eigenvalue weighted by atomic mass is 10.3. The number of aromatic nitrogens is 2. The number of rotatable bonds is 5. The van der Waals surface area contributed by atoms with E-state index in [9.17, 15) is 4.79 Å². The summed E-state index contributed by atoms with van der Waals surface area (Å²) in [6.07, 6.45) is 1.25. The fourth-order valence-corrected chi connectivity index (χ4v) is 1.22. The molecular formula is C10H17N3O3. The summed E-state index contributed by atoms with van der Waals surface area (Å²) in [5.74, 6) is -0.523. The number of hydrogen-bond acceptors (Lipinski definition) is 5. The van der Waals surface area contributed by atoms with Crippen LogP contribution in [0.5, 0.6) is 0 Å². The van der Waals surface area contributed by atoms with Crippen LogP contribution in [0.3, 0.4) is 0 Å². The lowest BCUT2D eigenvalue weighted by Crippen LogP contribution is -2.21. The Hall–Kier alpha value is -1.56. The molecule has 6 heteroatoms. The fourth-order valence-electron chi connectivity index (χ4n) is 1.22. The lowest BCUT2D eigenvalue weighted by Gasteiger charge is -2.11. The average molecular weight is 227 g/mol. The monoisotopic (exact) mass is 227 g/mol. The van der Waals surface area contributed by atoms with Gasteiger partial charge in [0.1, 0.15) is 6.10 Å². The van der Waals surface area contributed by atoms with Crippen molar-refractivity contribution in [1.29, 1.82) is 0 Å². The Morgan fingerprint density at radius 3 is 2.88 bits per heavy atom. The number of carbonyl (C=O) groups is 1. The molecule has 0 fully saturated rings. The summed E-state index contributed by atoms with van der Waals surface area (Å²) in [6.45, 7) is 4.60. The molecule has 2 N–H and O–H groups in total. The van der Waals surface area contributed by atoms with Crippen LogP contribution in [0.25, 0.3) is 0 Å². The molecule has 1 aromatic heterocycles. The Morgan fingerprint density at radius 1 is 1.69 bits per heavy atom. The molecule has 0 aromatic carbocycles. The largest absolute Gasteiger partial charge is 0.455 e. The fraction of sp³-hybridized carbons (Fsp3) is 0.600. The number of nitrogen functional groups attached to an aromatic ring is 1. The van der Waals surface area contributed by atoms with Gasteiger partial charge in [-0.05, 0) is 13.8 Å². The first-order chi connectivity index (χ1) is 7.54. The first-order valence-corrected chi connectivity index (χ1v) is 5.12. The summed E-state index contributed by atoms with van der Waals surface area (Å²) < 4.78 is 11.7. The summed E-state index contributed by atoms with van der Waals surface area (Å²) in [5.41, 5.74) is 6.06. The number of nitrogens with two attached hydrogens (primary N) is 1. The number of hydrogen-bond donors (Lipinski definition) is 1. The Kier molecular flexibility index (Phi) is 4.30.